The zero-order valence-electron chi connectivity index (χ0n) is 14.2. The monoisotopic (exact) mass is 337 g/mol. The van der Waals surface area contributed by atoms with Gasteiger partial charge >= 0.3 is 0 Å². The zero-order chi connectivity index (χ0) is 16.5. The lowest BCUT2D eigenvalue weighted by atomic mass is 9.67. The quantitative estimate of drug-likeness (QED) is 0.562. The number of nitrogens with zero attached hydrogens (tertiary/aromatic N) is 1. The molecule has 0 heterocycles. The van der Waals surface area contributed by atoms with E-state index in [0.717, 1.165) is 42.7 Å². The Balaban J connectivity index is 1.92. The standard InChI is InChI=1S/C18H28ClN3O/c1-3-20-17(21-13-15-7-4-5-8-16(15)19)22-14-18(9-6-10-18)11-12-23-2/h4-5,7-8H,3,6,9-14H2,1-2H3,(H2,20,21,22). The van der Waals surface area contributed by atoms with Crippen LogP contribution in [0, 0.1) is 5.41 Å². The van der Waals surface area contributed by atoms with Gasteiger partial charge in [-0.2, -0.15) is 0 Å². The Bertz CT molecular complexity index is 515. The highest BCUT2D eigenvalue weighted by Gasteiger charge is 2.36. The van der Waals surface area contributed by atoms with Gasteiger partial charge in [-0.15, -0.1) is 0 Å². The van der Waals surface area contributed by atoms with Crippen molar-refractivity contribution in [3.8, 4) is 0 Å². The molecule has 128 valence electrons. The highest BCUT2D eigenvalue weighted by molar-refractivity contribution is 6.31. The SMILES string of the molecule is CCNC(=NCc1ccccc1Cl)NCC1(CCOC)CCC1. The van der Waals surface area contributed by atoms with Crippen LogP contribution >= 0.6 is 11.6 Å². The molecule has 2 rings (SSSR count). The first-order valence-electron chi connectivity index (χ1n) is 8.44. The Kier molecular flexibility index (Phi) is 7.18. The summed E-state index contributed by atoms with van der Waals surface area (Å²) in [4.78, 5) is 4.67. The molecule has 0 saturated heterocycles. The Hall–Kier alpha value is -1.26. The fourth-order valence-electron chi connectivity index (χ4n) is 2.91. The first kappa shape index (κ1) is 18.1. The van der Waals surface area contributed by atoms with Crippen LogP contribution in [0.1, 0.15) is 38.2 Å². The largest absolute Gasteiger partial charge is 0.385 e. The molecule has 1 saturated carbocycles. The number of guanidine groups is 1. The topological polar surface area (TPSA) is 45.7 Å². The molecule has 0 aliphatic heterocycles. The molecular weight excluding hydrogens is 310 g/mol. The summed E-state index contributed by atoms with van der Waals surface area (Å²) >= 11 is 6.20. The third-order valence-electron chi connectivity index (χ3n) is 4.59. The molecule has 0 amide bonds. The molecule has 0 bridgehead atoms. The second kappa shape index (κ2) is 9.14. The van der Waals surface area contributed by atoms with E-state index < -0.39 is 0 Å². The Labute approximate surface area is 144 Å². The van der Waals surface area contributed by atoms with E-state index in [4.69, 9.17) is 16.3 Å². The van der Waals surface area contributed by atoms with Crippen LogP contribution in [0.25, 0.3) is 0 Å². The van der Waals surface area contributed by atoms with Gasteiger partial charge in [-0.3, -0.25) is 0 Å². The number of nitrogens with one attached hydrogen (secondary N) is 2. The van der Waals surface area contributed by atoms with Crippen molar-refractivity contribution in [2.24, 2.45) is 10.4 Å². The van der Waals surface area contributed by atoms with Crippen molar-refractivity contribution >= 4 is 17.6 Å². The highest BCUT2D eigenvalue weighted by atomic mass is 35.5. The lowest BCUT2D eigenvalue weighted by molar-refractivity contribution is 0.0732. The van der Waals surface area contributed by atoms with Crippen LogP contribution in [0.5, 0.6) is 0 Å². The normalized spacial score (nSPS) is 16.7. The third kappa shape index (κ3) is 5.40. The number of aliphatic imine (C=N–C) groups is 1. The zero-order valence-corrected chi connectivity index (χ0v) is 15.0. The fraction of sp³-hybridized carbons (Fsp3) is 0.611. The molecule has 1 aliphatic rings. The number of hydrogen-bond acceptors (Lipinski definition) is 2. The predicted molar refractivity (Wildman–Crippen MR) is 97.0 cm³/mol. The lowest BCUT2D eigenvalue weighted by Gasteiger charge is -2.42. The van der Waals surface area contributed by atoms with Crippen LogP contribution < -0.4 is 10.6 Å². The van der Waals surface area contributed by atoms with Gasteiger partial charge in [0.15, 0.2) is 5.96 Å². The number of methoxy groups -OCH3 is 1. The molecule has 2 N–H and O–H groups in total. The molecule has 1 aromatic rings. The molecule has 23 heavy (non-hydrogen) atoms. The van der Waals surface area contributed by atoms with Gasteiger partial charge in [0.1, 0.15) is 0 Å². The van der Waals surface area contributed by atoms with Gasteiger partial charge in [0, 0.05) is 31.8 Å². The molecule has 0 spiro atoms. The van der Waals surface area contributed by atoms with E-state index in [0.29, 0.717) is 12.0 Å². The summed E-state index contributed by atoms with van der Waals surface area (Å²) < 4.78 is 5.26. The summed E-state index contributed by atoms with van der Waals surface area (Å²) in [6, 6.07) is 7.85. The average molecular weight is 338 g/mol. The third-order valence-corrected chi connectivity index (χ3v) is 4.96. The molecule has 1 aromatic carbocycles. The summed E-state index contributed by atoms with van der Waals surface area (Å²) in [6.07, 6.45) is 4.97. The number of hydrogen-bond donors (Lipinski definition) is 2. The number of benzene rings is 1. The highest BCUT2D eigenvalue weighted by Crippen LogP contribution is 2.43. The predicted octanol–water partition coefficient (Wildman–Crippen LogP) is 3.60. The van der Waals surface area contributed by atoms with Crippen molar-refractivity contribution in [1.82, 2.24) is 10.6 Å². The maximum absolute atomic E-state index is 6.20. The van der Waals surface area contributed by atoms with Crippen LogP contribution in [0.15, 0.2) is 29.3 Å². The molecule has 5 heteroatoms. The minimum atomic E-state index is 0.372. The lowest BCUT2D eigenvalue weighted by Crippen LogP contribution is -2.46. The summed E-state index contributed by atoms with van der Waals surface area (Å²) in [5, 5.41) is 7.58. The fourth-order valence-corrected chi connectivity index (χ4v) is 3.11. The smallest absolute Gasteiger partial charge is 0.191 e. The van der Waals surface area contributed by atoms with Gasteiger partial charge in [-0.1, -0.05) is 36.2 Å². The van der Waals surface area contributed by atoms with E-state index >= 15 is 0 Å². The van der Waals surface area contributed by atoms with E-state index in [1.165, 1.54) is 19.3 Å². The van der Waals surface area contributed by atoms with Gasteiger partial charge in [0.2, 0.25) is 0 Å². The molecule has 0 unspecified atom stereocenters. The second-order valence-corrected chi connectivity index (χ2v) is 6.64. The summed E-state index contributed by atoms with van der Waals surface area (Å²) in [5.41, 5.74) is 1.42. The molecule has 1 fully saturated rings. The molecule has 4 nitrogen and oxygen atoms in total. The van der Waals surface area contributed by atoms with Crippen molar-refractivity contribution in [3.63, 3.8) is 0 Å². The first-order chi connectivity index (χ1) is 11.2. The Morgan fingerprint density at radius 1 is 1.30 bits per heavy atom. The van der Waals surface area contributed by atoms with E-state index in [-0.39, 0.29) is 0 Å². The van der Waals surface area contributed by atoms with E-state index in [9.17, 15) is 0 Å². The van der Waals surface area contributed by atoms with E-state index in [1.807, 2.05) is 24.3 Å². The van der Waals surface area contributed by atoms with Crippen molar-refractivity contribution in [2.45, 2.75) is 39.2 Å². The molecule has 0 radical (unpaired) electrons. The summed E-state index contributed by atoms with van der Waals surface area (Å²) in [7, 11) is 1.77. The maximum atomic E-state index is 6.20. The molecular formula is C18H28ClN3O. The number of halogens is 1. The summed E-state index contributed by atoms with van der Waals surface area (Å²) in [5.74, 6) is 0.858. The van der Waals surface area contributed by atoms with Gasteiger partial charge in [0.25, 0.3) is 0 Å². The van der Waals surface area contributed by atoms with Crippen LogP contribution in [0.4, 0.5) is 0 Å². The van der Waals surface area contributed by atoms with Crippen LogP contribution in [-0.2, 0) is 11.3 Å². The number of rotatable bonds is 8. The van der Waals surface area contributed by atoms with Crippen LogP contribution in [0.2, 0.25) is 5.02 Å². The Morgan fingerprint density at radius 2 is 2.09 bits per heavy atom. The molecule has 0 aromatic heterocycles. The Morgan fingerprint density at radius 3 is 2.70 bits per heavy atom. The van der Waals surface area contributed by atoms with Crippen molar-refractivity contribution < 1.29 is 4.74 Å². The van der Waals surface area contributed by atoms with E-state index in [1.54, 1.807) is 7.11 Å². The minimum absolute atomic E-state index is 0.372. The second-order valence-electron chi connectivity index (χ2n) is 6.24. The maximum Gasteiger partial charge on any atom is 0.191 e. The van der Waals surface area contributed by atoms with Crippen molar-refractivity contribution in [3.05, 3.63) is 34.9 Å². The van der Waals surface area contributed by atoms with Crippen LogP contribution in [0.3, 0.4) is 0 Å². The van der Waals surface area contributed by atoms with Gasteiger partial charge in [-0.05, 0) is 43.2 Å². The van der Waals surface area contributed by atoms with Gasteiger partial charge < -0.3 is 15.4 Å². The van der Waals surface area contributed by atoms with Gasteiger partial charge in [-0.25, -0.2) is 4.99 Å². The van der Waals surface area contributed by atoms with Crippen molar-refractivity contribution in [2.75, 3.05) is 26.8 Å². The van der Waals surface area contributed by atoms with Gasteiger partial charge in [0.05, 0.1) is 6.54 Å². The van der Waals surface area contributed by atoms with E-state index in [2.05, 4.69) is 22.5 Å². The average Bonchev–Trinajstić information content (AvgIpc) is 2.52. The first-order valence-corrected chi connectivity index (χ1v) is 8.81. The summed E-state index contributed by atoms with van der Waals surface area (Å²) in [6.45, 7) is 5.29. The molecule has 0 atom stereocenters. The molecule has 1 aliphatic carbocycles. The van der Waals surface area contributed by atoms with Crippen molar-refractivity contribution in [1.29, 1.82) is 0 Å². The number of ether oxygens (including phenoxy) is 1. The minimum Gasteiger partial charge on any atom is -0.385 e. The van der Waals surface area contributed by atoms with Crippen LogP contribution in [-0.4, -0.2) is 32.8 Å².